The van der Waals surface area contributed by atoms with Gasteiger partial charge in [-0.25, -0.2) is 9.97 Å². The SMILES string of the molecule is Cc1cccc(-c2cnc(C)n3cc(CCN)nc23)c1. The third-order valence-corrected chi connectivity index (χ3v) is 3.46. The van der Waals surface area contributed by atoms with Crippen molar-refractivity contribution in [3.63, 3.8) is 0 Å². The van der Waals surface area contributed by atoms with Gasteiger partial charge in [-0.05, 0) is 26.0 Å². The van der Waals surface area contributed by atoms with Crippen LogP contribution in [0.5, 0.6) is 0 Å². The number of imidazole rings is 1. The van der Waals surface area contributed by atoms with Crippen molar-refractivity contribution in [1.29, 1.82) is 0 Å². The van der Waals surface area contributed by atoms with Crippen LogP contribution in [0.25, 0.3) is 16.8 Å². The molecule has 0 aliphatic carbocycles. The highest BCUT2D eigenvalue weighted by Crippen LogP contribution is 2.25. The minimum Gasteiger partial charge on any atom is -0.330 e. The monoisotopic (exact) mass is 266 g/mol. The molecule has 0 fully saturated rings. The highest BCUT2D eigenvalue weighted by Gasteiger charge is 2.10. The Balaban J connectivity index is 2.23. The summed E-state index contributed by atoms with van der Waals surface area (Å²) in [5, 5.41) is 0. The van der Waals surface area contributed by atoms with E-state index < -0.39 is 0 Å². The molecule has 0 atom stereocenters. The fourth-order valence-corrected chi connectivity index (χ4v) is 2.43. The molecule has 2 aromatic heterocycles. The van der Waals surface area contributed by atoms with Crippen LogP contribution in [0.2, 0.25) is 0 Å². The van der Waals surface area contributed by atoms with E-state index in [1.165, 1.54) is 5.56 Å². The number of hydrogen-bond donors (Lipinski definition) is 1. The van der Waals surface area contributed by atoms with Crippen LogP contribution in [0.3, 0.4) is 0 Å². The van der Waals surface area contributed by atoms with Crippen LogP contribution >= 0.6 is 0 Å². The molecule has 0 aliphatic rings. The first-order chi connectivity index (χ1) is 9.69. The Morgan fingerprint density at radius 3 is 2.85 bits per heavy atom. The maximum Gasteiger partial charge on any atom is 0.147 e. The Bertz CT molecular complexity index is 758. The molecule has 4 nitrogen and oxygen atoms in total. The molecule has 0 aliphatic heterocycles. The Morgan fingerprint density at radius 1 is 1.25 bits per heavy atom. The second-order valence-electron chi connectivity index (χ2n) is 5.05. The molecule has 0 spiro atoms. The maximum atomic E-state index is 5.62. The molecule has 0 amide bonds. The number of hydrogen-bond acceptors (Lipinski definition) is 3. The van der Waals surface area contributed by atoms with Gasteiger partial charge < -0.3 is 5.73 Å². The Morgan fingerprint density at radius 2 is 2.10 bits per heavy atom. The smallest absolute Gasteiger partial charge is 0.147 e. The van der Waals surface area contributed by atoms with Crippen molar-refractivity contribution in [2.45, 2.75) is 20.3 Å². The van der Waals surface area contributed by atoms with E-state index in [9.17, 15) is 0 Å². The quantitative estimate of drug-likeness (QED) is 0.792. The fraction of sp³-hybridized carbons (Fsp3) is 0.250. The summed E-state index contributed by atoms with van der Waals surface area (Å²) in [5.74, 6) is 0.937. The topological polar surface area (TPSA) is 56.2 Å². The molecule has 0 saturated heterocycles. The van der Waals surface area contributed by atoms with Crippen LogP contribution in [0.1, 0.15) is 17.1 Å². The number of fused-ring (bicyclic) bond motifs is 1. The zero-order chi connectivity index (χ0) is 14.1. The second kappa shape index (κ2) is 5.06. The lowest BCUT2D eigenvalue weighted by molar-refractivity contribution is 0.933. The number of rotatable bonds is 3. The first kappa shape index (κ1) is 12.8. The Kier molecular flexibility index (Phi) is 3.24. The zero-order valence-corrected chi connectivity index (χ0v) is 11.8. The predicted octanol–water partition coefficient (Wildman–Crippen LogP) is 2.51. The molecule has 2 heterocycles. The molecule has 0 saturated carbocycles. The summed E-state index contributed by atoms with van der Waals surface area (Å²) < 4.78 is 2.04. The lowest BCUT2D eigenvalue weighted by atomic mass is 10.1. The van der Waals surface area contributed by atoms with Crippen molar-refractivity contribution in [1.82, 2.24) is 14.4 Å². The van der Waals surface area contributed by atoms with Crippen LogP contribution in [0, 0.1) is 13.8 Å². The van der Waals surface area contributed by atoms with E-state index in [-0.39, 0.29) is 0 Å². The zero-order valence-electron chi connectivity index (χ0n) is 11.8. The van der Waals surface area contributed by atoms with Gasteiger partial charge in [-0.15, -0.1) is 0 Å². The molecule has 4 heteroatoms. The van der Waals surface area contributed by atoms with E-state index in [4.69, 9.17) is 10.7 Å². The van der Waals surface area contributed by atoms with E-state index in [1.807, 2.05) is 23.7 Å². The summed E-state index contributed by atoms with van der Waals surface area (Å²) in [7, 11) is 0. The Labute approximate surface area is 118 Å². The number of aryl methyl sites for hydroxylation is 2. The first-order valence-corrected chi connectivity index (χ1v) is 6.79. The highest BCUT2D eigenvalue weighted by molar-refractivity contribution is 5.77. The number of nitrogens with two attached hydrogens (primary N) is 1. The van der Waals surface area contributed by atoms with Gasteiger partial charge in [0.15, 0.2) is 0 Å². The van der Waals surface area contributed by atoms with Crippen LogP contribution in [-0.2, 0) is 6.42 Å². The number of nitrogens with zero attached hydrogens (tertiary/aromatic N) is 3. The number of aromatic nitrogens is 3. The highest BCUT2D eigenvalue weighted by atomic mass is 15.1. The Hall–Kier alpha value is -2.20. The minimum atomic E-state index is 0.607. The van der Waals surface area contributed by atoms with Gasteiger partial charge in [0.05, 0.1) is 5.69 Å². The van der Waals surface area contributed by atoms with Gasteiger partial charge in [-0.2, -0.15) is 0 Å². The van der Waals surface area contributed by atoms with Gasteiger partial charge in [0.25, 0.3) is 0 Å². The average Bonchev–Trinajstić information content (AvgIpc) is 2.84. The summed E-state index contributed by atoms with van der Waals surface area (Å²) in [6.07, 6.45) is 4.72. The van der Waals surface area contributed by atoms with E-state index >= 15 is 0 Å². The third kappa shape index (κ3) is 2.18. The molecule has 20 heavy (non-hydrogen) atoms. The molecule has 0 radical (unpaired) electrons. The third-order valence-electron chi connectivity index (χ3n) is 3.46. The normalized spacial score (nSPS) is 11.2. The van der Waals surface area contributed by atoms with Crippen molar-refractivity contribution < 1.29 is 0 Å². The van der Waals surface area contributed by atoms with Gasteiger partial charge >= 0.3 is 0 Å². The van der Waals surface area contributed by atoms with Crippen LogP contribution in [-0.4, -0.2) is 20.9 Å². The van der Waals surface area contributed by atoms with E-state index in [2.05, 4.69) is 36.2 Å². The molecular formula is C16H18N4. The lowest BCUT2D eigenvalue weighted by Crippen LogP contribution is -2.02. The molecule has 3 rings (SSSR count). The molecule has 3 aromatic rings. The average molecular weight is 266 g/mol. The van der Waals surface area contributed by atoms with Gasteiger partial charge in [-0.3, -0.25) is 4.40 Å². The molecule has 2 N–H and O–H groups in total. The molecule has 1 aromatic carbocycles. The van der Waals surface area contributed by atoms with Gasteiger partial charge in [-0.1, -0.05) is 29.8 Å². The molecule has 102 valence electrons. The summed E-state index contributed by atoms with van der Waals surface area (Å²) in [5.41, 5.74) is 11.0. The minimum absolute atomic E-state index is 0.607. The standard InChI is InChI=1S/C16H18N4/c1-11-4-3-5-13(8-11)15-9-18-12(2)20-10-14(6-7-17)19-16(15)20/h3-5,8-10H,6-7,17H2,1-2H3. The van der Waals surface area contributed by atoms with Crippen molar-refractivity contribution in [3.05, 3.63) is 53.7 Å². The van der Waals surface area contributed by atoms with Gasteiger partial charge in [0.2, 0.25) is 0 Å². The fourth-order valence-electron chi connectivity index (χ4n) is 2.43. The predicted molar refractivity (Wildman–Crippen MR) is 80.7 cm³/mol. The summed E-state index contributed by atoms with van der Waals surface area (Å²) in [6.45, 7) is 4.69. The molecule has 0 unspecified atom stereocenters. The van der Waals surface area contributed by atoms with Crippen molar-refractivity contribution in [2.24, 2.45) is 5.73 Å². The van der Waals surface area contributed by atoms with Crippen LogP contribution < -0.4 is 5.73 Å². The maximum absolute atomic E-state index is 5.62. The van der Waals surface area contributed by atoms with E-state index in [0.29, 0.717) is 6.54 Å². The second-order valence-corrected chi connectivity index (χ2v) is 5.05. The van der Waals surface area contributed by atoms with Gasteiger partial charge in [0, 0.05) is 24.4 Å². The summed E-state index contributed by atoms with van der Waals surface area (Å²) in [4.78, 5) is 9.19. The lowest BCUT2D eigenvalue weighted by Gasteiger charge is -2.06. The van der Waals surface area contributed by atoms with Crippen LogP contribution in [0.4, 0.5) is 0 Å². The largest absolute Gasteiger partial charge is 0.330 e. The van der Waals surface area contributed by atoms with Gasteiger partial charge in [0.1, 0.15) is 11.5 Å². The van der Waals surface area contributed by atoms with Crippen molar-refractivity contribution >= 4 is 5.65 Å². The summed E-state index contributed by atoms with van der Waals surface area (Å²) >= 11 is 0. The van der Waals surface area contributed by atoms with E-state index in [0.717, 1.165) is 34.7 Å². The van der Waals surface area contributed by atoms with Crippen LogP contribution in [0.15, 0.2) is 36.7 Å². The first-order valence-electron chi connectivity index (χ1n) is 6.79. The number of benzene rings is 1. The molecule has 0 bridgehead atoms. The molecular weight excluding hydrogens is 248 g/mol. The summed E-state index contributed by atoms with van der Waals surface area (Å²) in [6, 6.07) is 8.40. The van der Waals surface area contributed by atoms with Crippen molar-refractivity contribution in [2.75, 3.05) is 6.54 Å². The van der Waals surface area contributed by atoms with Crippen molar-refractivity contribution in [3.8, 4) is 11.1 Å². The van der Waals surface area contributed by atoms with E-state index in [1.54, 1.807) is 0 Å².